The van der Waals surface area contributed by atoms with Gasteiger partial charge < -0.3 is 14.6 Å². The fourth-order valence-electron chi connectivity index (χ4n) is 10.2. The molecule has 0 heterocycles. The van der Waals surface area contributed by atoms with E-state index >= 15 is 0 Å². The van der Waals surface area contributed by atoms with Gasteiger partial charge in [-0.2, -0.15) is 0 Å². The zero-order valence-corrected chi connectivity index (χ0v) is 51.5. The summed E-state index contributed by atoms with van der Waals surface area (Å²) in [5.41, 5.74) is 0. The Kier molecular flexibility index (Phi) is 65.3. The number of rotatable bonds is 63. The number of unbranched alkanes of at least 4 members (excludes halogenated alkanes) is 43. The van der Waals surface area contributed by atoms with Gasteiger partial charge in [0.1, 0.15) is 6.61 Å². The largest absolute Gasteiger partial charge is 0.462 e. The number of hydrogen-bond acceptors (Lipinski definition) is 5. The highest BCUT2D eigenvalue weighted by atomic mass is 16.6. The van der Waals surface area contributed by atoms with Crippen molar-refractivity contribution in [2.24, 2.45) is 0 Å². The van der Waals surface area contributed by atoms with Crippen LogP contribution in [0.2, 0.25) is 0 Å². The fraction of sp³-hybridized carbons (Fsp3) is 0.806. The Balaban J connectivity index is 3.42. The molecule has 448 valence electrons. The molecule has 1 N–H and O–H groups in total. The third-order valence-corrected chi connectivity index (χ3v) is 15.3. The minimum Gasteiger partial charge on any atom is -0.462 e. The molecule has 0 aliphatic heterocycles. The van der Waals surface area contributed by atoms with Crippen LogP contribution >= 0.6 is 0 Å². The summed E-state index contributed by atoms with van der Waals surface area (Å²) in [4.78, 5) is 24.6. The molecular weight excluding hydrogens is 945 g/mol. The van der Waals surface area contributed by atoms with Crippen molar-refractivity contribution in [3.05, 3.63) is 72.9 Å². The van der Waals surface area contributed by atoms with Gasteiger partial charge in [-0.1, -0.05) is 350 Å². The molecule has 1 unspecified atom stereocenters. The Labute approximate surface area is 480 Å². The Morgan fingerprint density at radius 3 is 0.844 bits per heavy atom. The minimum absolute atomic E-state index is 0.0612. The highest BCUT2D eigenvalue weighted by Gasteiger charge is 2.16. The molecule has 0 aromatic carbocycles. The first-order chi connectivity index (χ1) is 38.1. The summed E-state index contributed by atoms with van der Waals surface area (Å²) in [7, 11) is 0. The molecule has 0 radical (unpaired) electrons. The van der Waals surface area contributed by atoms with Gasteiger partial charge >= 0.3 is 11.9 Å². The number of aliphatic hydroxyl groups is 1. The summed E-state index contributed by atoms with van der Waals surface area (Å²) >= 11 is 0. The number of allylic oxidation sites excluding steroid dienone is 12. The van der Waals surface area contributed by atoms with E-state index in [2.05, 4.69) is 86.8 Å². The van der Waals surface area contributed by atoms with Crippen LogP contribution in [0.1, 0.15) is 354 Å². The average molecular weight is 1080 g/mol. The maximum absolute atomic E-state index is 12.4. The van der Waals surface area contributed by atoms with Crippen molar-refractivity contribution in [2.45, 2.75) is 360 Å². The SMILES string of the molecule is CC/C=C\C/C=C\C/C=C\C/C=C\C/C=C\C/C=C\CCCCCCCCCCCCCCCCCCCCC(=O)OC(CO)COC(=O)CCCCCCCCCCCCCCCCCCCCCCCCCCCC. The number of hydrogen-bond donors (Lipinski definition) is 1. The van der Waals surface area contributed by atoms with Gasteiger partial charge in [-0.25, -0.2) is 0 Å². The predicted octanol–water partition coefficient (Wildman–Crippen LogP) is 23.5. The van der Waals surface area contributed by atoms with Gasteiger partial charge in [-0.05, 0) is 64.2 Å². The molecule has 5 heteroatoms. The van der Waals surface area contributed by atoms with Crippen LogP contribution in [0.4, 0.5) is 0 Å². The summed E-state index contributed by atoms with van der Waals surface area (Å²) in [6.45, 7) is 4.08. The summed E-state index contributed by atoms with van der Waals surface area (Å²) in [6.07, 6.45) is 93.6. The summed E-state index contributed by atoms with van der Waals surface area (Å²) < 4.78 is 10.8. The van der Waals surface area contributed by atoms with E-state index in [1.807, 2.05) is 0 Å². The summed E-state index contributed by atoms with van der Waals surface area (Å²) in [5.74, 6) is -0.570. The molecule has 0 fully saturated rings. The molecule has 0 bridgehead atoms. The normalized spacial score (nSPS) is 12.6. The van der Waals surface area contributed by atoms with Gasteiger partial charge in [-0.15, -0.1) is 0 Å². The quantitative estimate of drug-likeness (QED) is 0.0373. The lowest BCUT2D eigenvalue weighted by atomic mass is 10.0. The Bertz CT molecular complexity index is 1360. The molecule has 0 amide bonds. The molecule has 1 atom stereocenters. The van der Waals surface area contributed by atoms with Crippen LogP contribution in [0.15, 0.2) is 72.9 Å². The van der Waals surface area contributed by atoms with E-state index in [0.29, 0.717) is 12.8 Å². The minimum atomic E-state index is -0.772. The molecule has 0 saturated carbocycles. The van der Waals surface area contributed by atoms with Crippen LogP contribution < -0.4 is 0 Å². The average Bonchev–Trinajstić information content (AvgIpc) is 3.43. The zero-order valence-electron chi connectivity index (χ0n) is 51.5. The Hall–Kier alpha value is -2.66. The lowest BCUT2D eigenvalue weighted by Gasteiger charge is -2.15. The predicted molar refractivity (Wildman–Crippen MR) is 339 cm³/mol. The monoisotopic (exact) mass is 1070 g/mol. The first-order valence-corrected chi connectivity index (χ1v) is 34.0. The zero-order chi connectivity index (χ0) is 55.5. The van der Waals surface area contributed by atoms with Crippen molar-refractivity contribution in [1.82, 2.24) is 0 Å². The number of carbonyl (C=O) groups is 2. The molecule has 0 aliphatic carbocycles. The van der Waals surface area contributed by atoms with Crippen LogP contribution in [-0.2, 0) is 19.1 Å². The van der Waals surface area contributed by atoms with Crippen molar-refractivity contribution in [3.8, 4) is 0 Å². The van der Waals surface area contributed by atoms with Crippen molar-refractivity contribution in [3.63, 3.8) is 0 Å². The number of carbonyl (C=O) groups excluding carboxylic acids is 2. The molecule has 0 rings (SSSR count). The van der Waals surface area contributed by atoms with Crippen LogP contribution in [0.25, 0.3) is 0 Å². The summed E-state index contributed by atoms with van der Waals surface area (Å²) in [5, 5.41) is 9.70. The van der Waals surface area contributed by atoms with E-state index in [-0.39, 0.29) is 25.2 Å². The topological polar surface area (TPSA) is 72.8 Å². The lowest BCUT2D eigenvalue weighted by Crippen LogP contribution is -2.28. The van der Waals surface area contributed by atoms with Gasteiger partial charge in [-0.3, -0.25) is 9.59 Å². The molecule has 0 aromatic heterocycles. The molecule has 0 saturated heterocycles. The van der Waals surface area contributed by atoms with Gasteiger partial charge in [0.25, 0.3) is 0 Å². The van der Waals surface area contributed by atoms with Gasteiger partial charge in [0.2, 0.25) is 0 Å². The number of esters is 2. The van der Waals surface area contributed by atoms with Gasteiger partial charge in [0.15, 0.2) is 6.10 Å². The van der Waals surface area contributed by atoms with E-state index in [1.54, 1.807) is 0 Å². The summed E-state index contributed by atoms with van der Waals surface area (Å²) in [6, 6.07) is 0. The van der Waals surface area contributed by atoms with Crippen LogP contribution in [0.3, 0.4) is 0 Å². The van der Waals surface area contributed by atoms with Crippen molar-refractivity contribution >= 4 is 11.9 Å². The first kappa shape index (κ1) is 74.3. The standard InChI is InChI=1S/C72H130O5/c1-3-5-7-9-11-13-15-17-19-21-23-25-27-29-31-32-33-34-35-36-37-38-39-40-41-43-45-47-49-51-53-55-57-59-61-63-65-67-72(75)77-70(68-73)69-76-71(74)66-64-62-60-58-56-54-52-50-48-46-44-42-30-28-26-24-22-20-18-16-14-12-10-8-6-4-2/h5,7,11,13,17,19,23,25,29,31,33-34,70,73H,3-4,6,8-10,12,14-16,18,20-22,24,26-28,30,32,35-69H2,1-2H3/b7-5-,13-11-,19-17-,25-23-,31-29-,34-33-. The van der Waals surface area contributed by atoms with Crippen molar-refractivity contribution in [2.75, 3.05) is 13.2 Å². The molecule has 0 aromatic rings. The third kappa shape index (κ3) is 65.8. The second-order valence-corrected chi connectivity index (χ2v) is 22.9. The van der Waals surface area contributed by atoms with Gasteiger partial charge in [0.05, 0.1) is 6.61 Å². The molecule has 77 heavy (non-hydrogen) atoms. The van der Waals surface area contributed by atoms with E-state index < -0.39 is 6.10 Å². The lowest BCUT2D eigenvalue weighted by molar-refractivity contribution is -0.161. The van der Waals surface area contributed by atoms with E-state index in [9.17, 15) is 14.7 Å². The fourth-order valence-corrected chi connectivity index (χ4v) is 10.2. The van der Waals surface area contributed by atoms with E-state index in [0.717, 1.165) is 70.6 Å². The highest BCUT2D eigenvalue weighted by Crippen LogP contribution is 2.18. The Morgan fingerprint density at radius 1 is 0.312 bits per heavy atom. The van der Waals surface area contributed by atoms with Gasteiger partial charge in [0, 0.05) is 12.8 Å². The van der Waals surface area contributed by atoms with Crippen molar-refractivity contribution < 1.29 is 24.2 Å². The molecule has 0 spiro atoms. The Morgan fingerprint density at radius 2 is 0.558 bits per heavy atom. The molecular formula is C72H130O5. The smallest absolute Gasteiger partial charge is 0.306 e. The second kappa shape index (κ2) is 67.6. The second-order valence-electron chi connectivity index (χ2n) is 22.9. The highest BCUT2D eigenvalue weighted by molar-refractivity contribution is 5.70. The maximum Gasteiger partial charge on any atom is 0.306 e. The van der Waals surface area contributed by atoms with E-state index in [1.165, 1.54) is 257 Å². The molecule has 0 aliphatic rings. The van der Waals surface area contributed by atoms with E-state index in [4.69, 9.17) is 9.47 Å². The number of aliphatic hydroxyl groups excluding tert-OH is 1. The maximum atomic E-state index is 12.4. The van der Waals surface area contributed by atoms with Crippen LogP contribution in [-0.4, -0.2) is 36.4 Å². The van der Waals surface area contributed by atoms with Crippen LogP contribution in [0.5, 0.6) is 0 Å². The third-order valence-electron chi connectivity index (χ3n) is 15.3. The number of ether oxygens (including phenoxy) is 2. The first-order valence-electron chi connectivity index (χ1n) is 34.0. The van der Waals surface area contributed by atoms with Crippen LogP contribution in [0, 0.1) is 0 Å². The van der Waals surface area contributed by atoms with Crippen molar-refractivity contribution in [1.29, 1.82) is 0 Å². The molecule has 5 nitrogen and oxygen atoms in total.